The Labute approximate surface area is 134 Å². The standard InChI is InChI=1S/C17H18N2O4/c1-2-22-16-10-13(8-9-15(16)20)11-18-19-17(21)12-23-14-6-4-3-5-7-14/h3-11,20H,2,12H2,1H3,(H,19,21)/b18-11+. The third kappa shape index (κ3) is 5.35. The fourth-order valence-electron chi connectivity index (χ4n) is 1.76. The van der Waals surface area contributed by atoms with E-state index in [1.807, 2.05) is 25.1 Å². The minimum atomic E-state index is -0.367. The second-order valence-corrected chi connectivity index (χ2v) is 4.56. The average Bonchev–Trinajstić information content (AvgIpc) is 2.57. The number of carbonyl (C=O) groups is 1. The zero-order valence-electron chi connectivity index (χ0n) is 12.7. The second kappa shape index (κ2) is 8.43. The Kier molecular flexibility index (Phi) is 5.99. The van der Waals surface area contributed by atoms with Gasteiger partial charge in [0.25, 0.3) is 5.91 Å². The quantitative estimate of drug-likeness (QED) is 0.607. The molecule has 1 amide bonds. The summed E-state index contributed by atoms with van der Waals surface area (Å²) in [6.45, 7) is 2.15. The van der Waals surface area contributed by atoms with Crippen LogP contribution in [-0.4, -0.2) is 30.4 Å². The Bertz CT molecular complexity index is 672. The molecule has 2 aromatic carbocycles. The summed E-state index contributed by atoms with van der Waals surface area (Å²) >= 11 is 0. The van der Waals surface area contributed by atoms with Crippen LogP contribution in [0, 0.1) is 0 Å². The molecule has 0 atom stereocenters. The molecule has 0 heterocycles. The maximum absolute atomic E-state index is 11.6. The van der Waals surface area contributed by atoms with E-state index in [-0.39, 0.29) is 18.3 Å². The third-order valence-electron chi connectivity index (χ3n) is 2.80. The smallest absolute Gasteiger partial charge is 0.277 e. The van der Waals surface area contributed by atoms with E-state index in [2.05, 4.69) is 10.5 Å². The SMILES string of the molecule is CCOc1cc(/C=N/NC(=O)COc2ccccc2)ccc1O. The largest absolute Gasteiger partial charge is 0.504 e. The Morgan fingerprint density at radius 2 is 2.00 bits per heavy atom. The van der Waals surface area contributed by atoms with Gasteiger partial charge in [0, 0.05) is 0 Å². The van der Waals surface area contributed by atoms with Crippen molar-refractivity contribution in [2.45, 2.75) is 6.92 Å². The Balaban J connectivity index is 1.84. The van der Waals surface area contributed by atoms with Crippen LogP contribution in [0.3, 0.4) is 0 Å². The van der Waals surface area contributed by atoms with Gasteiger partial charge in [-0.05, 0) is 42.8 Å². The molecular weight excluding hydrogens is 296 g/mol. The van der Waals surface area contributed by atoms with Crippen molar-refractivity contribution in [1.82, 2.24) is 5.43 Å². The number of nitrogens with one attached hydrogen (secondary N) is 1. The summed E-state index contributed by atoms with van der Waals surface area (Å²) in [6, 6.07) is 13.9. The van der Waals surface area contributed by atoms with Crippen LogP contribution < -0.4 is 14.9 Å². The number of para-hydroxylation sites is 1. The van der Waals surface area contributed by atoms with E-state index >= 15 is 0 Å². The number of nitrogens with zero attached hydrogens (tertiary/aromatic N) is 1. The van der Waals surface area contributed by atoms with Crippen LogP contribution >= 0.6 is 0 Å². The highest BCUT2D eigenvalue weighted by Crippen LogP contribution is 2.26. The molecule has 23 heavy (non-hydrogen) atoms. The molecule has 0 fully saturated rings. The summed E-state index contributed by atoms with van der Waals surface area (Å²) in [6.07, 6.45) is 1.46. The summed E-state index contributed by atoms with van der Waals surface area (Å²) < 4.78 is 10.6. The lowest BCUT2D eigenvalue weighted by molar-refractivity contribution is -0.123. The van der Waals surface area contributed by atoms with E-state index in [0.717, 1.165) is 0 Å². The van der Waals surface area contributed by atoms with E-state index in [1.54, 1.807) is 24.3 Å². The van der Waals surface area contributed by atoms with Crippen molar-refractivity contribution in [3.8, 4) is 17.2 Å². The highest BCUT2D eigenvalue weighted by Gasteiger charge is 2.03. The first-order valence-electron chi connectivity index (χ1n) is 7.14. The van der Waals surface area contributed by atoms with Crippen molar-refractivity contribution in [2.24, 2.45) is 5.10 Å². The maximum atomic E-state index is 11.6. The molecule has 120 valence electrons. The number of rotatable bonds is 7. The van der Waals surface area contributed by atoms with Crippen molar-refractivity contribution in [2.75, 3.05) is 13.2 Å². The summed E-state index contributed by atoms with van der Waals surface area (Å²) in [5, 5.41) is 13.4. The first kappa shape index (κ1) is 16.4. The van der Waals surface area contributed by atoms with Gasteiger partial charge in [-0.3, -0.25) is 4.79 Å². The number of aromatic hydroxyl groups is 1. The van der Waals surface area contributed by atoms with Crippen molar-refractivity contribution >= 4 is 12.1 Å². The number of phenolic OH excluding ortho intramolecular Hbond substituents is 1. The third-order valence-corrected chi connectivity index (χ3v) is 2.80. The molecule has 2 rings (SSSR count). The number of benzene rings is 2. The van der Waals surface area contributed by atoms with Gasteiger partial charge < -0.3 is 14.6 Å². The van der Waals surface area contributed by atoms with Crippen LogP contribution in [-0.2, 0) is 4.79 Å². The normalized spacial score (nSPS) is 10.5. The van der Waals surface area contributed by atoms with E-state index in [9.17, 15) is 9.90 Å². The molecule has 0 saturated heterocycles. The second-order valence-electron chi connectivity index (χ2n) is 4.56. The lowest BCUT2D eigenvalue weighted by atomic mass is 10.2. The van der Waals surface area contributed by atoms with E-state index in [0.29, 0.717) is 23.7 Å². The predicted molar refractivity (Wildman–Crippen MR) is 86.9 cm³/mol. The zero-order chi connectivity index (χ0) is 16.5. The van der Waals surface area contributed by atoms with Gasteiger partial charge in [-0.15, -0.1) is 0 Å². The maximum Gasteiger partial charge on any atom is 0.277 e. The van der Waals surface area contributed by atoms with Gasteiger partial charge in [-0.1, -0.05) is 18.2 Å². The number of phenols is 1. The lowest BCUT2D eigenvalue weighted by Crippen LogP contribution is -2.24. The molecule has 0 aliphatic rings. The highest BCUT2D eigenvalue weighted by molar-refractivity contribution is 5.83. The summed E-state index contributed by atoms with van der Waals surface area (Å²) in [5.41, 5.74) is 3.06. The molecule has 6 heteroatoms. The van der Waals surface area contributed by atoms with E-state index in [4.69, 9.17) is 9.47 Å². The van der Waals surface area contributed by atoms with Gasteiger partial charge in [0.1, 0.15) is 5.75 Å². The molecular formula is C17H18N2O4. The molecule has 0 aliphatic heterocycles. The minimum Gasteiger partial charge on any atom is -0.504 e. The molecule has 0 aliphatic carbocycles. The van der Waals surface area contributed by atoms with Gasteiger partial charge in [-0.2, -0.15) is 5.10 Å². The number of hydrazone groups is 1. The molecule has 0 unspecified atom stereocenters. The van der Waals surface area contributed by atoms with Crippen LogP contribution in [0.4, 0.5) is 0 Å². The molecule has 6 nitrogen and oxygen atoms in total. The monoisotopic (exact) mass is 314 g/mol. The van der Waals surface area contributed by atoms with Crippen LogP contribution in [0.5, 0.6) is 17.2 Å². The Hall–Kier alpha value is -3.02. The molecule has 0 radical (unpaired) electrons. The van der Waals surface area contributed by atoms with Gasteiger partial charge in [0.15, 0.2) is 18.1 Å². The van der Waals surface area contributed by atoms with Crippen molar-refractivity contribution in [1.29, 1.82) is 0 Å². The van der Waals surface area contributed by atoms with Gasteiger partial charge in [0.2, 0.25) is 0 Å². The molecule has 0 aromatic heterocycles. The Morgan fingerprint density at radius 1 is 1.22 bits per heavy atom. The summed E-state index contributed by atoms with van der Waals surface area (Å²) in [5.74, 6) is 0.680. The number of ether oxygens (including phenoxy) is 2. The minimum absolute atomic E-state index is 0.0595. The first-order valence-corrected chi connectivity index (χ1v) is 7.14. The average molecular weight is 314 g/mol. The first-order chi connectivity index (χ1) is 11.2. The molecule has 2 N–H and O–H groups in total. The Morgan fingerprint density at radius 3 is 2.74 bits per heavy atom. The zero-order valence-corrected chi connectivity index (χ0v) is 12.7. The molecule has 0 spiro atoms. The summed E-state index contributed by atoms with van der Waals surface area (Å²) in [7, 11) is 0. The van der Waals surface area contributed by atoms with Crippen molar-refractivity contribution < 1.29 is 19.4 Å². The number of carbonyl (C=O) groups excluding carboxylic acids is 1. The van der Waals surface area contributed by atoms with Crippen LogP contribution in [0.1, 0.15) is 12.5 Å². The van der Waals surface area contributed by atoms with Crippen LogP contribution in [0.2, 0.25) is 0 Å². The van der Waals surface area contributed by atoms with Crippen molar-refractivity contribution in [3.63, 3.8) is 0 Å². The number of amides is 1. The predicted octanol–water partition coefficient (Wildman–Crippen LogP) is 2.32. The fourth-order valence-corrected chi connectivity index (χ4v) is 1.76. The van der Waals surface area contributed by atoms with Crippen LogP contribution in [0.15, 0.2) is 53.6 Å². The van der Waals surface area contributed by atoms with E-state index < -0.39 is 0 Å². The summed E-state index contributed by atoms with van der Waals surface area (Å²) in [4.78, 5) is 11.6. The van der Waals surface area contributed by atoms with Crippen LogP contribution in [0.25, 0.3) is 0 Å². The van der Waals surface area contributed by atoms with Crippen molar-refractivity contribution in [3.05, 3.63) is 54.1 Å². The van der Waals surface area contributed by atoms with Gasteiger partial charge in [0.05, 0.1) is 12.8 Å². The van der Waals surface area contributed by atoms with Gasteiger partial charge >= 0.3 is 0 Å². The fraction of sp³-hybridized carbons (Fsp3) is 0.176. The molecule has 0 saturated carbocycles. The molecule has 0 bridgehead atoms. The topological polar surface area (TPSA) is 80.2 Å². The van der Waals surface area contributed by atoms with Gasteiger partial charge in [-0.25, -0.2) is 5.43 Å². The number of hydrogen-bond acceptors (Lipinski definition) is 5. The molecule has 2 aromatic rings. The van der Waals surface area contributed by atoms with E-state index in [1.165, 1.54) is 12.3 Å². The lowest BCUT2D eigenvalue weighted by Gasteiger charge is -2.06. The number of hydrogen-bond donors (Lipinski definition) is 2. The highest BCUT2D eigenvalue weighted by atomic mass is 16.5.